The van der Waals surface area contributed by atoms with E-state index in [0.29, 0.717) is 26.3 Å². The number of hydrogen-bond donors (Lipinski definition) is 1. The second-order valence-electron chi connectivity index (χ2n) is 9.24. The number of morpholine rings is 1. The van der Waals surface area contributed by atoms with E-state index >= 15 is 0 Å². The van der Waals surface area contributed by atoms with Crippen LogP contribution >= 0.6 is 0 Å². The van der Waals surface area contributed by atoms with Crippen LogP contribution in [0.3, 0.4) is 0 Å². The number of carbonyl (C=O) groups is 2. The van der Waals surface area contributed by atoms with Crippen molar-refractivity contribution in [3.63, 3.8) is 0 Å². The maximum absolute atomic E-state index is 12.7. The van der Waals surface area contributed by atoms with E-state index < -0.39 is 0 Å². The Labute approximate surface area is 174 Å². The van der Waals surface area contributed by atoms with Crippen molar-refractivity contribution < 1.29 is 14.3 Å². The molecule has 0 saturated carbocycles. The number of piperidine rings is 1. The van der Waals surface area contributed by atoms with Crippen LogP contribution in [0.15, 0.2) is 24.3 Å². The molecule has 1 N–H and O–H groups in total. The number of rotatable bonds is 4. The first-order chi connectivity index (χ1) is 13.8. The van der Waals surface area contributed by atoms with E-state index in [2.05, 4.69) is 43.1 Å². The van der Waals surface area contributed by atoms with Gasteiger partial charge in [0, 0.05) is 24.7 Å². The summed E-state index contributed by atoms with van der Waals surface area (Å²) in [6, 6.07) is 7.87. The molecule has 1 aromatic rings. The second kappa shape index (κ2) is 9.26. The quantitative estimate of drug-likeness (QED) is 0.843. The van der Waals surface area contributed by atoms with Gasteiger partial charge in [-0.2, -0.15) is 0 Å². The molecule has 0 unspecified atom stereocenters. The van der Waals surface area contributed by atoms with Gasteiger partial charge in [0.05, 0.1) is 19.3 Å². The van der Waals surface area contributed by atoms with E-state index in [1.807, 2.05) is 24.0 Å². The first-order valence-corrected chi connectivity index (χ1v) is 10.8. The monoisotopic (exact) mass is 401 g/mol. The molecule has 1 aromatic carbocycles. The lowest BCUT2D eigenvalue weighted by Crippen LogP contribution is -2.50. The molecular formula is C23H35N3O3. The third-order valence-corrected chi connectivity index (χ3v) is 6.15. The van der Waals surface area contributed by atoms with Crippen LogP contribution in [0, 0.1) is 5.92 Å². The molecule has 29 heavy (non-hydrogen) atoms. The van der Waals surface area contributed by atoms with Crippen LogP contribution in [-0.2, 0) is 19.7 Å². The van der Waals surface area contributed by atoms with Crippen LogP contribution < -0.4 is 5.32 Å². The Morgan fingerprint density at radius 1 is 1.03 bits per heavy atom. The zero-order valence-electron chi connectivity index (χ0n) is 18.2. The van der Waals surface area contributed by atoms with Crippen molar-refractivity contribution in [1.29, 1.82) is 0 Å². The van der Waals surface area contributed by atoms with Crippen molar-refractivity contribution in [2.24, 2.45) is 5.92 Å². The van der Waals surface area contributed by atoms with Gasteiger partial charge in [-0.1, -0.05) is 32.9 Å². The van der Waals surface area contributed by atoms with Crippen LogP contribution in [0.2, 0.25) is 0 Å². The van der Waals surface area contributed by atoms with E-state index in [-0.39, 0.29) is 29.2 Å². The van der Waals surface area contributed by atoms with Gasteiger partial charge in [0.1, 0.15) is 0 Å². The minimum Gasteiger partial charge on any atom is -0.378 e. The third-order valence-electron chi connectivity index (χ3n) is 6.15. The van der Waals surface area contributed by atoms with Crippen LogP contribution in [0.4, 0.5) is 5.69 Å². The molecule has 1 atom stereocenters. The van der Waals surface area contributed by atoms with E-state index in [1.165, 1.54) is 5.56 Å². The summed E-state index contributed by atoms with van der Waals surface area (Å²) in [4.78, 5) is 29.5. The highest BCUT2D eigenvalue weighted by Gasteiger charge is 2.32. The van der Waals surface area contributed by atoms with Crippen molar-refractivity contribution in [3.8, 4) is 0 Å². The van der Waals surface area contributed by atoms with Crippen molar-refractivity contribution >= 4 is 17.5 Å². The van der Waals surface area contributed by atoms with Crippen LogP contribution in [0.1, 0.15) is 46.1 Å². The molecule has 2 aliphatic heterocycles. The van der Waals surface area contributed by atoms with E-state index in [1.54, 1.807) is 0 Å². The Kier molecular flexibility index (Phi) is 6.96. The topological polar surface area (TPSA) is 61.9 Å². The summed E-state index contributed by atoms with van der Waals surface area (Å²) in [6.07, 6.45) is 1.63. The predicted molar refractivity (Wildman–Crippen MR) is 115 cm³/mol. The molecule has 2 amide bonds. The molecule has 0 radical (unpaired) electrons. The Hall–Kier alpha value is -1.92. The average Bonchev–Trinajstić information content (AvgIpc) is 2.73. The summed E-state index contributed by atoms with van der Waals surface area (Å²) < 4.78 is 5.34. The number of likely N-dealkylation sites (tertiary alicyclic amines) is 1. The van der Waals surface area contributed by atoms with Crippen LogP contribution in [0.25, 0.3) is 0 Å². The first-order valence-electron chi connectivity index (χ1n) is 10.8. The van der Waals surface area contributed by atoms with Gasteiger partial charge in [0.25, 0.3) is 0 Å². The Morgan fingerprint density at radius 2 is 1.62 bits per heavy atom. The van der Waals surface area contributed by atoms with E-state index in [0.717, 1.165) is 31.6 Å². The zero-order chi connectivity index (χ0) is 21.0. The standard InChI is InChI=1S/C23H35N3O3/c1-17(21(27)24-20-7-5-19(6-8-20)23(2,3)4)25-11-9-18(10-12-25)22(28)26-13-15-29-16-14-26/h5-8,17-18H,9-16H2,1-4H3,(H,24,27)/t17-/m0/s1. The highest BCUT2D eigenvalue weighted by atomic mass is 16.5. The van der Waals surface area contributed by atoms with Gasteiger partial charge in [-0.15, -0.1) is 0 Å². The fourth-order valence-electron chi connectivity index (χ4n) is 4.04. The van der Waals surface area contributed by atoms with Crippen LogP contribution in [-0.4, -0.2) is 67.0 Å². The van der Waals surface area contributed by atoms with E-state index in [4.69, 9.17) is 4.74 Å². The van der Waals surface area contributed by atoms with Crippen molar-refractivity contribution in [1.82, 2.24) is 9.80 Å². The molecule has 0 aromatic heterocycles. The lowest BCUT2D eigenvalue weighted by Gasteiger charge is -2.37. The number of benzene rings is 1. The number of ether oxygens (including phenoxy) is 1. The minimum atomic E-state index is -0.211. The molecule has 3 rings (SSSR count). The number of carbonyl (C=O) groups excluding carboxylic acids is 2. The molecule has 0 bridgehead atoms. The van der Waals surface area contributed by atoms with Crippen molar-refractivity contribution in [3.05, 3.63) is 29.8 Å². The lowest BCUT2D eigenvalue weighted by molar-refractivity contribution is -0.141. The summed E-state index contributed by atoms with van der Waals surface area (Å²) >= 11 is 0. The van der Waals surface area contributed by atoms with Crippen molar-refractivity contribution in [2.45, 2.75) is 52.0 Å². The fraction of sp³-hybridized carbons (Fsp3) is 0.652. The summed E-state index contributed by atoms with van der Waals surface area (Å²) in [6.45, 7) is 12.7. The number of nitrogens with zero attached hydrogens (tertiary/aromatic N) is 2. The predicted octanol–water partition coefficient (Wildman–Crippen LogP) is 2.88. The van der Waals surface area contributed by atoms with Gasteiger partial charge in [0.2, 0.25) is 11.8 Å². The Balaban J connectivity index is 1.49. The molecule has 0 aliphatic carbocycles. The summed E-state index contributed by atoms with van der Waals surface area (Å²) in [5, 5.41) is 3.03. The van der Waals surface area contributed by atoms with Gasteiger partial charge < -0.3 is 15.0 Å². The van der Waals surface area contributed by atoms with Gasteiger partial charge >= 0.3 is 0 Å². The van der Waals surface area contributed by atoms with E-state index in [9.17, 15) is 9.59 Å². The maximum Gasteiger partial charge on any atom is 0.241 e. The van der Waals surface area contributed by atoms with Gasteiger partial charge in [0.15, 0.2) is 0 Å². The Bertz CT molecular complexity index is 697. The number of hydrogen-bond acceptors (Lipinski definition) is 4. The highest BCUT2D eigenvalue weighted by molar-refractivity contribution is 5.94. The minimum absolute atomic E-state index is 0.00599. The van der Waals surface area contributed by atoms with Gasteiger partial charge in [-0.05, 0) is 56.0 Å². The molecule has 6 nitrogen and oxygen atoms in total. The lowest BCUT2D eigenvalue weighted by atomic mass is 9.87. The maximum atomic E-state index is 12.7. The molecule has 2 heterocycles. The number of nitrogens with one attached hydrogen (secondary N) is 1. The SMILES string of the molecule is C[C@@H](C(=O)Nc1ccc(C(C)(C)C)cc1)N1CCC(C(=O)N2CCOCC2)CC1. The molecule has 0 spiro atoms. The molecule has 2 saturated heterocycles. The van der Waals surface area contributed by atoms with Crippen LogP contribution in [0.5, 0.6) is 0 Å². The molecule has 6 heteroatoms. The largest absolute Gasteiger partial charge is 0.378 e. The summed E-state index contributed by atoms with van der Waals surface area (Å²) in [5.41, 5.74) is 2.17. The molecular weight excluding hydrogens is 366 g/mol. The van der Waals surface area contributed by atoms with Gasteiger partial charge in [-0.3, -0.25) is 14.5 Å². The summed E-state index contributed by atoms with van der Waals surface area (Å²) in [5.74, 6) is 0.333. The number of amides is 2. The van der Waals surface area contributed by atoms with Crippen molar-refractivity contribution in [2.75, 3.05) is 44.7 Å². The number of anilines is 1. The Morgan fingerprint density at radius 3 is 2.17 bits per heavy atom. The second-order valence-corrected chi connectivity index (χ2v) is 9.24. The highest BCUT2D eigenvalue weighted by Crippen LogP contribution is 2.25. The van der Waals surface area contributed by atoms with Gasteiger partial charge in [-0.25, -0.2) is 0 Å². The third kappa shape index (κ3) is 5.58. The fourth-order valence-corrected chi connectivity index (χ4v) is 4.04. The summed E-state index contributed by atoms with van der Waals surface area (Å²) in [7, 11) is 0. The average molecular weight is 402 g/mol. The first kappa shape index (κ1) is 21.8. The molecule has 2 aliphatic rings. The molecule has 160 valence electrons. The molecule has 2 fully saturated rings. The normalized spacial score (nSPS) is 20.3. The zero-order valence-corrected chi connectivity index (χ0v) is 18.2. The smallest absolute Gasteiger partial charge is 0.241 e.